The highest BCUT2D eigenvalue weighted by atomic mass is 32.2. The first-order chi connectivity index (χ1) is 6.75. The van der Waals surface area contributed by atoms with E-state index in [1.54, 1.807) is 0 Å². The Hall–Kier alpha value is -0.770. The largest absolute Gasteiger partial charge is 0.327 e. The van der Waals surface area contributed by atoms with Crippen molar-refractivity contribution in [2.75, 3.05) is 10.5 Å². The van der Waals surface area contributed by atoms with E-state index in [1.165, 1.54) is 36.9 Å². The van der Waals surface area contributed by atoms with Crippen molar-refractivity contribution in [3.8, 4) is 0 Å². The molecule has 1 aliphatic carbocycles. The topological polar surface area (TPSA) is 12.0 Å². The average Bonchev–Trinajstić information content (AvgIpc) is 2.92. The number of hydrogen-bond acceptors (Lipinski definition) is 2. The summed E-state index contributed by atoms with van der Waals surface area (Å²) >= 11 is 1.48. The highest BCUT2D eigenvalue weighted by Gasteiger charge is 2.21. The van der Waals surface area contributed by atoms with Crippen LogP contribution in [0.3, 0.4) is 0 Å². The predicted octanol–water partition coefficient (Wildman–Crippen LogP) is 3.43. The lowest BCUT2D eigenvalue weighted by atomic mass is 10.3. The first-order valence-electron chi connectivity index (χ1n) is 4.58. The minimum atomic E-state index is -0.541. The van der Waals surface area contributed by atoms with Crippen LogP contribution in [0.4, 0.5) is 14.5 Å². The number of rotatable bonds is 4. The van der Waals surface area contributed by atoms with Crippen molar-refractivity contribution in [3.05, 3.63) is 29.8 Å². The van der Waals surface area contributed by atoms with Crippen LogP contribution in [0.25, 0.3) is 0 Å². The molecule has 0 bridgehead atoms. The maximum atomic E-state index is 13.1. The van der Waals surface area contributed by atoms with Gasteiger partial charge in [-0.05, 0) is 30.9 Å². The van der Waals surface area contributed by atoms with E-state index in [-0.39, 0.29) is 0 Å². The van der Waals surface area contributed by atoms with Crippen molar-refractivity contribution in [3.63, 3.8) is 0 Å². The van der Waals surface area contributed by atoms with Crippen LogP contribution in [-0.2, 0) is 0 Å². The summed E-state index contributed by atoms with van der Waals surface area (Å²) in [6.45, 7) is 0. The highest BCUT2D eigenvalue weighted by molar-refractivity contribution is 8.00. The van der Waals surface area contributed by atoms with Gasteiger partial charge in [-0.15, -0.1) is 0 Å². The molecule has 4 heteroatoms. The number of nitrogens with one attached hydrogen (secondary N) is 1. The molecule has 1 nitrogen and oxygen atoms in total. The van der Waals surface area contributed by atoms with Gasteiger partial charge in [0.25, 0.3) is 0 Å². The summed E-state index contributed by atoms with van der Waals surface area (Å²) in [6, 6.07) is 3.56. The maximum absolute atomic E-state index is 13.1. The zero-order chi connectivity index (χ0) is 9.97. The Labute approximate surface area is 86.0 Å². The molecule has 14 heavy (non-hydrogen) atoms. The van der Waals surface area contributed by atoms with Crippen molar-refractivity contribution in [1.82, 2.24) is 0 Å². The third-order valence-electron chi connectivity index (χ3n) is 2.13. The molecule has 0 aromatic heterocycles. The molecule has 0 saturated heterocycles. The van der Waals surface area contributed by atoms with Crippen LogP contribution in [0.5, 0.6) is 0 Å². The molecular weight excluding hydrogens is 204 g/mol. The fraction of sp³-hybridized carbons (Fsp3) is 0.400. The quantitative estimate of drug-likeness (QED) is 0.772. The molecular formula is C10H11F2NS. The summed E-state index contributed by atoms with van der Waals surface area (Å²) in [4.78, 5) is 0. The molecule has 0 radical (unpaired) electrons. The van der Waals surface area contributed by atoms with Crippen molar-refractivity contribution < 1.29 is 8.78 Å². The molecule has 0 heterocycles. The van der Waals surface area contributed by atoms with Crippen LogP contribution in [0.15, 0.2) is 18.2 Å². The van der Waals surface area contributed by atoms with Gasteiger partial charge < -0.3 is 4.72 Å². The van der Waals surface area contributed by atoms with Crippen LogP contribution in [0, 0.1) is 17.6 Å². The molecule has 1 saturated carbocycles. The number of anilines is 1. The second-order valence-electron chi connectivity index (χ2n) is 3.48. The zero-order valence-electron chi connectivity index (χ0n) is 7.59. The van der Waals surface area contributed by atoms with Crippen LogP contribution in [0.1, 0.15) is 12.8 Å². The smallest absolute Gasteiger partial charge is 0.150 e. The third-order valence-corrected chi connectivity index (χ3v) is 3.13. The van der Waals surface area contributed by atoms with Crippen LogP contribution in [-0.4, -0.2) is 5.75 Å². The van der Waals surface area contributed by atoms with Crippen molar-refractivity contribution >= 4 is 17.6 Å². The minimum absolute atomic E-state index is 0.358. The Balaban J connectivity index is 1.87. The highest BCUT2D eigenvalue weighted by Crippen LogP contribution is 2.32. The van der Waals surface area contributed by atoms with Gasteiger partial charge in [0, 0.05) is 11.8 Å². The lowest BCUT2D eigenvalue weighted by Gasteiger charge is -2.05. The fourth-order valence-corrected chi connectivity index (χ4v) is 2.07. The molecule has 0 spiro atoms. The normalized spacial score (nSPS) is 15.6. The standard InChI is InChI=1S/C10H11F2NS/c11-8-3-4-10(9(12)5-8)13-14-6-7-1-2-7/h3-5,7,13H,1-2,6H2. The van der Waals surface area contributed by atoms with Gasteiger partial charge in [-0.2, -0.15) is 0 Å². The molecule has 2 rings (SSSR count). The minimum Gasteiger partial charge on any atom is -0.327 e. The number of halogens is 2. The second kappa shape index (κ2) is 4.17. The molecule has 0 aliphatic heterocycles. The summed E-state index contributed by atoms with van der Waals surface area (Å²) in [5.74, 6) is 0.709. The van der Waals surface area contributed by atoms with Crippen molar-refractivity contribution in [2.45, 2.75) is 12.8 Å². The summed E-state index contributed by atoms with van der Waals surface area (Å²) in [7, 11) is 0. The SMILES string of the molecule is Fc1ccc(NSCC2CC2)c(F)c1. The molecule has 1 aliphatic rings. The van der Waals surface area contributed by atoms with Crippen LogP contribution >= 0.6 is 11.9 Å². The zero-order valence-corrected chi connectivity index (χ0v) is 8.41. The van der Waals surface area contributed by atoms with E-state index in [2.05, 4.69) is 4.72 Å². The molecule has 0 amide bonds. The summed E-state index contributed by atoms with van der Waals surface area (Å²) < 4.78 is 28.5. The van der Waals surface area contributed by atoms with E-state index in [1.807, 2.05) is 0 Å². The third kappa shape index (κ3) is 2.61. The molecule has 1 aromatic rings. The Bertz CT molecular complexity index is 326. The lowest BCUT2D eigenvalue weighted by molar-refractivity contribution is 0.586. The predicted molar refractivity (Wildman–Crippen MR) is 55.2 cm³/mol. The second-order valence-corrected chi connectivity index (χ2v) is 4.31. The van der Waals surface area contributed by atoms with Gasteiger partial charge in [-0.25, -0.2) is 8.78 Å². The monoisotopic (exact) mass is 215 g/mol. The summed E-state index contributed by atoms with van der Waals surface area (Å²) in [6.07, 6.45) is 2.56. The average molecular weight is 215 g/mol. The van der Waals surface area contributed by atoms with E-state index in [0.29, 0.717) is 5.69 Å². The van der Waals surface area contributed by atoms with Gasteiger partial charge in [0.1, 0.15) is 11.6 Å². The van der Waals surface area contributed by atoms with E-state index < -0.39 is 11.6 Å². The van der Waals surface area contributed by atoms with E-state index in [0.717, 1.165) is 17.7 Å². The molecule has 0 unspecified atom stereocenters. The number of hydrogen-bond donors (Lipinski definition) is 1. The van der Waals surface area contributed by atoms with Gasteiger partial charge in [0.2, 0.25) is 0 Å². The molecule has 1 fully saturated rings. The number of benzene rings is 1. The van der Waals surface area contributed by atoms with Gasteiger partial charge in [-0.1, -0.05) is 11.9 Å². The Morgan fingerprint density at radius 2 is 2.14 bits per heavy atom. The molecule has 1 aromatic carbocycles. The fourth-order valence-electron chi connectivity index (χ4n) is 1.09. The van der Waals surface area contributed by atoms with Gasteiger partial charge >= 0.3 is 0 Å². The van der Waals surface area contributed by atoms with E-state index in [4.69, 9.17) is 0 Å². The van der Waals surface area contributed by atoms with Crippen molar-refractivity contribution in [1.29, 1.82) is 0 Å². The van der Waals surface area contributed by atoms with Gasteiger partial charge in [0.05, 0.1) is 5.69 Å². The van der Waals surface area contributed by atoms with Gasteiger partial charge in [-0.3, -0.25) is 0 Å². The first kappa shape index (κ1) is 9.77. The first-order valence-corrected chi connectivity index (χ1v) is 5.57. The van der Waals surface area contributed by atoms with Gasteiger partial charge in [0.15, 0.2) is 0 Å². The lowest BCUT2D eigenvalue weighted by Crippen LogP contribution is -1.94. The Kier molecular flexibility index (Phi) is 2.91. The Morgan fingerprint density at radius 1 is 1.36 bits per heavy atom. The molecule has 1 N–H and O–H groups in total. The summed E-state index contributed by atoms with van der Waals surface area (Å²) in [5.41, 5.74) is 0.358. The molecule has 76 valence electrons. The van der Waals surface area contributed by atoms with Crippen LogP contribution in [0.2, 0.25) is 0 Å². The van der Waals surface area contributed by atoms with Crippen molar-refractivity contribution in [2.24, 2.45) is 5.92 Å². The van der Waals surface area contributed by atoms with Crippen LogP contribution < -0.4 is 4.72 Å². The van der Waals surface area contributed by atoms with E-state index >= 15 is 0 Å². The summed E-state index contributed by atoms with van der Waals surface area (Å²) in [5, 5.41) is 0. The maximum Gasteiger partial charge on any atom is 0.150 e. The Morgan fingerprint density at radius 3 is 2.79 bits per heavy atom. The molecule has 0 atom stereocenters. The van der Waals surface area contributed by atoms with E-state index in [9.17, 15) is 8.78 Å².